The maximum Gasteiger partial charge on any atom is 0.239 e. The average molecular weight is 269 g/mol. The summed E-state index contributed by atoms with van der Waals surface area (Å²) in [7, 11) is 1.55. The van der Waals surface area contributed by atoms with Crippen molar-refractivity contribution in [2.75, 3.05) is 25.0 Å². The summed E-state index contributed by atoms with van der Waals surface area (Å²) in [6, 6.07) is 4.56. The molecule has 1 aromatic carbocycles. The second kappa shape index (κ2) is 6.30. The summed E-state index contributed by atoms with van der Waals surface area (Å²) >= 11 is 4.86. The number of nitrogens with two attached hydrogens (primary N) is 1. The van der Waals surface area contributed by atoms with Gasteiger partial charge in [0.1, 0.15) is 10.8 Å². The predicted molar refractivity (Wildman–Crippen MR) is 74.2 cm³/mol. The van der Waals surface area contributed by atoms with E-state index in [1.165, 1.54) is 6.07 Å². The number of nitrogens with one attached hydrogen (secondary N) is 1. The molecule has 0 spiro atoms. The number of carbonyl (C=O) groups excluding carboxylic acids is 1. The summed E-state index contributed by atoms with van der Waals surface area (Å²) in [6.07, 6.45) is 0. The van der Waals surface area contributed by atoms with Crippen LogP contribution in [0.2, 0.25) is 0 Å². The number of benzene rings is 1. The van der Waals surface area contributed by atoms with Crippen molar-refractivity contribution in [1.82, 2.24) is 5.32 Å². The van der Waals surface area contributed by atoms with Crippen molar-refractivity contribution in [1.29, 1.82) is 0 Å². The van der Waals surface area contributed by atoms with Crippen LogP contribution in [0.4, 0.5) is 10.1 Å². The van der Waals surface area contributed by atoms with Gasteiger partial charge in [-0.1, -0.05) is 18.3 Å². The molecule has 0 atom stereocenters. The highest BCUT2D eigenvalue weighted by Gasteiger charge is 2.17. The smallest absolute Gasteiger partial charge is 0.239 e. The minimum atomic E-state index is -0.477. The zero-order valence-electron chi connectivity index (χ0n) is 10.4. The standard InChI is InChI=1S/C12H16FN3OS/c1-3-16(7-10(17)15-2)9-6-4-5-8(13)11(9)12(14)18/h4-6H,3,7H2,1-2H3,(H2,14,18)(H,15,17). The fourth-order valence-corrected chi connectivity index (χ4v) is 1.84. The molecule has 1 rings (SSSR count). The fourth-order valence-electron chi connectivity index (χ4n) is 1.64. The number of carbonyl (C=O) groups is 1. The lowest BCUT2D eigenvalue weighted by Gasteiger charge is -2.24. The maximum absolute atomic E-state index is 13.7. The maximum atomic E-state index is 13.7. The minimum absolute atomic E-state index is 0.0153. The van der Waals surface area contributed by atoms with Crippen LogP contribution in [0, 0.1) is 5.82 Å². The lowest BCUT2D eigenvalue weighted by molar-refractivity contribution is -0.119. The van der Waals surface area contributed by atoms with Crippen molar-refractivity contribution >= 4 is 28.8 Å². The van der Waals surface area contributed by atoms with E-state index in [2.05, 4.69) is 5.32 Å². The number of thiocarbonyl (C=S) groups is 1. The molecule has 4 nitrogen and oxygen atoms in total. The first kappa shape index (κ1) is 14.4. The molecule has 0 aliphatic heterocycles. The van der Waals surface area contributed by atoms with E-state index < -0.39 is 5.82 Å². The van der Waals surface area contributed by atoms with Crippen molar-refractivity contribution in [2.24, 2.45) is 5.73 Å². The lowest BCUT2D eigenvalue weighted by atomic mass is 10.1. The molecule has 98 valence electrons. The van der Waals surface area contributed by atoms with Gasteiger partial charge in [0.05, 0.1) is 17.8 Å². The molecule has 0 radical (unpaired) electrons. The molecular formula is C12H16FN3OS. The van der Waals surface area contributed by atoms with E-state index >= 15 is 0 Å². The first-order chi connectivity index (χ1) is 8.51. The third-order valence-electron chi connectivity index (χ3n) is 2.57. The van der Waals surface area contributed by atoms with Gasteiger partial charge in [-0.3, -0.25) is 4.79 Å². The van der Waals surface area contributed by atoms with Gasteiger partial charge in [-0.15, -0.1) is 0 Å². The summed E-state index contributed by atoms with van der Waals surface area (Å²) < 4.78 is 13.7. The number of anilines is 1. The van der Waals surface area contributed by atoms with Crippen LogP contribution in [0.15, 0.2) is 18.2 Å². The highest BCUT2D eigenvalue weighted by Crippen LogP contribution is 2.23. The van der Waals surface area contributed by atoms with E-state index in [4.69, 9.17) is 18.0 Å². The quantitative estimate of drug-likeness (QED) is 0.784. The van der Waals surface area contributed by atoms with Crippen LogP contribution >= 0.6 is 12.2 Å². The number of halogens is 1. The second-order valence-electron chi connectivity index (χ2n) is 3.69. The Labute approximate surface area is 111 Å². The van der Waals surface area contributed by atoms with Crippen LogP contribution in [0.3, 0.4) is 0 Å². The van der Waals surface area contributed by atoms with Crippen LogP contribution in [0.1, 0.15) is 12.5 Å². The average Bonchev–Trinajstić information content (AvgIpc) is 2.34. The zero-order valence-corrected chi connectivity index (χ0v) is 11.2. The van der Waals surface area contributed by atoms with Gasteiger partial charge in [-0.25, -0.2) is 4.39 Å². The number of hydrogen-bond acceptors (Lipinski definition) is 3. The Morgan fingerprint density at radius 3 is 2.72 bits per heavy atom. The topological polar surface area (TPSA) is 58.4 Å². The molecule has 3 N–H and O–H groups in total. The van der Waals surface area contributed by atoms with Crippen molar-refractivity contribution in [2.45, 2.75) is 6.92 Å². The van der Waals surface area contributed by atoms with Crippen LogP contribution in [-0.2, 0) is 4.79 Å². The molecule has 1 aromatic rings. The lowest BCUT2D eigenvalue weighted by Crippen LogP contribution is -2.36. The first-order valence-corrected chi connectivity index (χ1v) is 5.95. The molecule has 0 bridgehead atoms. The molecule has 0 heterocycles. The molecule has 0 unspecified atom stereocenters. The molecule has 0 aliphatic carbocycles. The summed E-state index contributed by atoms with van der Waals surface area (Å²) in [5.74, 6) is -0.634. The number of amides is 1. The third kappa shape index (κ3) is 3.16. The Hall–Kier alpha value is -1.69. The van der Waals surface area contributed by atoms with Gasteiger partial charge in [-0.2, -0.15) is 0 Å². The molecule has 6 heteroatoms. The van der Waals surface area contributed by atoms with Crippen LogP contribution in [0.25, 0.3) is 0 Å². The Morgan fingerprint density at radius 2 is 2.22 bits per heavy atom. The minimum Gasteiger partial charge on any atom is -0.389 e. The third-order valence-corrected chi connectivity index (χ3v) is 2.78. The van der Waals surface area contributed by atoms with Gasteiger partial charge in [0, 0.05) is 13.6 Å². The molecular weight excluding hydrogens is 253 g/mol. The van der Waals surface area contributed by atoms with Gasteiger partial charge in [-0.05, 0) is 19.1 Å². The molecule has 18 heavy (non-hydrogen) atoms. The number of rotatable bonds is 5. The molecule has 0 aromatic heterocycles. The Kier molecular flexibility index (Phi) is 5.03. The molecule has 0 aliphatic rings. The Balaban J connectivity index is 3.17. The van der Waals surface area contributed by atoms with Crippen LogP contribution in [0.5, 0.6) is 0 Å². The van der Waals surface area contributed by atoms with Crippen LogP contribution < -0.4 is 16.0 Å². The van der Waals surface area contributed by atoms with Crippen molar-refractivity contribution in [3.63, 3.8) is 0 Å². The van der Waals surface area contributed by atoms with Crippen LogP contribution in [-0.4, -0.2) is 31.0 Å². The van der Waals surface area contributed by atoms with E-state index in [-0.39, 0.29) is 23.0 Å². The summed E-state index contributed by atoms with van der Waals surface area (Å²) in [6.45, 7) is 2.55. The van der Waals surface area contributed by atoms with Gasteiger partial charge < -0.3 is 16.0 Å². The summed E-state index contributed by atoms with van der Waals surface area (Å²) in [5, 5.41) is 2.52. The molecule has 0 fully saturated rings. The monoisotopic (exact) mass is 269 g/mol. The molecule has 0 saturated carbocycles. The van der Waals surface area contributed by atoms with Gasteiger partial charge in [0.2, 0.25) is 5.91 Å². The van der Waals surface area contributed by atoms with E-state index in [9.17, 15) is 9.18 Å². The highest BCUT2D eigenvalue weighted by molar-refractivity contribution is 7.80. The molecule has 1 amide bonds. The molecule has 0 saturated heterocycles. The Morgan fingerprint density at radius 1 is 1.56 bits per heavy atom. The first-order valence-electron chi connectivity index (χ1n) is 5.55. The number of likely N-dealkylation sites (N-methyl/N-ethyl adjacent to an activating group) is 2. The van der Waals surface area contributed by atoms with Crippen molar-refractivity contribution in [3.05, 3.63) is 29.6 Å². The van der Waals surface area contributed by atoms with Gasteiger partial charge in [0.25, 0.3) is 0 Å². The second-order valence-corrected chi connectivity index (χ2v) is 4.13. The summed E-state index contributed by atoms with van der Waals surface area (Å²) in [5.41, 5.74) is 6.25. The zero-order chi connectivity index (χ0) is 13.7. The van der Waals surface area contributed by atoms with Crippen molar-refractivity contribution < 1.29 is 9.18 Å². The Bertz CT molecular complexity index is 465. The SMILES string of the molecule is CCN(CC(=O)NC)c1cccc(F)c1C(N)=S. The number of nitrogens with zero attached hydrogens (tertiary/aromatic N) is 1. The van der Waals surface area contributed by atoms with Crippen molar-refractivity contribution in [3.8, 4) is 0 Å². The normalized spacial score (nSPS) is 9.94. The van der Waals surface area contributed by atoms with E-state index in [0.29, 0.717) is 12.2 Å². The predicted octanol–water partition coefficient (Wildman–Crippen LogP) is 1.03. The van der Waals surface area contributed by atoms with Gasteiger partial charge >= 0.3 is 0 Å². The fraction of sp³-hybridized carbons (Fsp3) is 0.333. The highest BCUT2D eigenvalue weighted by atomic mass is 32.1. The van der Waals surface area contributed by atoms with E-state index in [1.54, 1.807) is 24.1 Å². The summed E-state index contributed by atoms with van der Waals surface area (Å²) in [4.78, 5) is 13.1. The van der Waals surface area contributed by atoms with E-state index in [1.807, 2.05) is 6.92 Å². The van der Waals surface area contributed by atoms with E-state index in [0.717, 1.165) is 0 Å². The number of hydrogen-bond donors (Lipinski definition) is 2. The van der Waals surface area contributed by atoms with Gasteiger partial charge in [0.15, 0.2) is 0 Å². The largest absolute Gasteiger partial charge is 0.389 e.